The van der Waals surface area contributed by atoms with E-state index in [9.17, 15) is 4.79 Å². The molecular weight excluding hydrogens is 284 g/mol. The molecule has 0 aliphatic carbocycles. The summed E-state index contributed by atoms with van der Waals surface area (Å²) in [5, 5.41) is 3.86. The quantitative estimate of drug-likeness (QED) is 0.839. The summed E-state index contributed by atoms with van der Waals surface area (Å²) in [7, 11) is 4.03. The zero-order valence-electron chi connectivity index (χ0n) is 12.5. The van der Waals surface area contributed by atoms with E-state index in [0.717, 1.165) is 5.69 Å². The Kier molecular flexibility index (Phi) is 4.86. The number of rotatable bonds is 5. The van der Waals surface area contributed by atoms with Gasteiger partial charge in [0.05, 0.1) is 0 Å². The zero-order chi connectivity index (χ0) is 15.4. The van der Waals surface area contributed by atoms with Gasteiger partial charge in [-0.05, 0) is 42.8 Å². The summed E-state index contributed by atoms with van der Waals surface area (Å²) in [6.07, 6.45) is 0. The van der Waals surface area contributed by atoms with E-state index in [1.807, 2.05) is 26.2 Å². The Morgan fingerprint density at radius 1 is 1.14 bits per heavy atom. The van der Waals surface area contributed by atoms with Crippen LogP contribution in [0.5, 0.6) is 0 Å². The zero-order valence-corrected chi connectivity index (χ0v) is 13.2. The lowest BCUT2D eigenvalue weighted by molar-refractivity contribution is 0.101. The minimum absolute atomic E-state index is 0.0101. The third-order valence-electron chi connectivity index (χ3n) is 3.25. The van der Waals surface area contributed by atoms with Crippen molar-refractivity contribution in [1.82, 2.24) is 0 Å². The van der Waals surface area contributed by atoms with Crippen molar-refractivity contribution in [1.29, 1.82) is 0 Å². The normalized spacial score (nSPS) is 10.3. The average Bonchev–Trinajstić information content (AvgIpc) is 2.45. The number of ketones is 1. The lowest BCUT2D eigenvalue weighted by atomic mass is 10.1. The van der Waals surface area contributed by atoms with Crippen molar-refractivity contribution >= 4 is 28.8 Å². The molecule has 3 nitrogen and oxygen atoms in total. The smallest absolute Gasteiger partial charge is 0.159 e. The Balaban J connectivity index is 2.07. The van der Waals surface area contributed by atoms with Crippen LogP contribution >= 0.6 is 11.6 Å². The van der Waals surface area contributed by atoms with Gasteiger partial charge in [-0.3, -0.25) is 4.79 Å². The third kappa shape index (κ3) is 4.23. The number of anilines is 2. The first kappa shape index (κ1) is 15.4. The molecule has 0 aliphatic rings. The number of hydrogen-bond donors (Lipinski definition) is 1. The van der Waals surface area contributed by atoms with Gasteiger partial charge in [0.25, 0.3) is 0 Å². The van der Waals surface area contributed by atoms with E-state index in [0.29, 0.717) is 17.1 Å². The van der Waals surface area contributed by atoms with Crippen molar-refractivity contribution < 1.29 is 4.79 Å². The van der Waals surface area contributed by atoms with Crippen LogP contribution in [-0.4, -0.2) is 19.9 Å². The highest BCUT2D eigenvalue weighted by atomic mass is 35.5. The van der Waals surface area contributed by atoms with Gasteiger partial charge in [0, 0.05) is 42.6 Å². The molecule has 0 saturated heterocycles. The molecule has 1 N–H and O–H groups in total. The fourth-order valence-corrected chi connectivity index (χ4v) is 2.25. The first-order valence-corrected chi connectivity index (χ1v) is 7.15. The largest absolute Gasteiger partial charge is 0.381 e. The number of nitrogens with zero attached hydrogens (tertiary/aromatic N) is 1. The van der Waals surface area contributed by atoms with Gasteiger partial charge in [-0.2, -0.15) is 0 Å². The molecule has 0 saturated carbocycles. The lowest BCUT2D eigenvalue weighted by Crippen LogP contribution is -2.08. The Morgan fingerprint density at radius 2 is 1.81 bits per heavy atom. The molecule has 0 heterocycles. The summed E-state index contributed by atoms with van der Waals surface area (Å²) in [5.41, 5.74) is 3.81. The summed E-state index contributed by atoms with van der Waals surface area (Å²) < 4.78 is 0. The maximum absolute atomic E-state index is 11.4. The van der Waals surface area contributed by atoms with E-state index < -0.39 is 0 Å². The molecule has 0 unspecified atom stereocenters. The molecule has 0 radical (unpaired) electrons. The minimum atomic E-state index is 0.0101. The van der Waals surface area contributed by atoms with Gasteiger partial charge in [-0.25, -0.2) is 0 Å². The number of nitrogens with one attached hydrogen (secondary N) is 1. The van der Waals surface area contributed by atoms with E-state index in [1.54, 1.807) is 6.07 Å². The van der Waals surface area contributed by atoms with Crippen molar-refractivity contribution in [2.45, 2.75) is 13.5 Å². The molecule has 2 aromatic carbocycles. The number of carbonyl (C=O) groups excluding carboxylic acids is 1. The molecular formula is C17H19ClN2O. The van der Waals surface area contributed by atoms with Gasteiger partial charge >= 0.3 is 0 Å². The van der Waals surface area contributed by atoms with Gasteiger partial charge in [0.2, 0.25) is 0 Å². The second-order valence-electron chi connectivity index (χ2n) is 5.20. The SMILES string of the molecule is CC(=O)c1cc(Cl)cc(NCc2ccc(N(C)C)cc2)c1. The average molecular weight is 303 g/mol. The standard InChI is InChI=1S/C17H19ClN2O/c1-12(21)14-8-15(18)10-16(9-14)19-11-13-4-6-17(7-5-13)20(2)3/h4-10,19H,11H2,1-3H3. The Labute approximate surface area is 130 Å². The molecule has 2 rings (SSSR count). The Morgan fingerprint density at radius 3 is 2.38 bits per heavy atom. The fraction of sp³-hybridized carbons (Fsp3) is 0.235. The van der Waals surface area contributed by atoms with Crippen LogP contribution in [0.4, 0.5) is 11.4 Å². The maximum Gasteiger partial charge on any atom is 0.159 e. The number of halogens is 1. The summed E-state index contributed by atoms with van der Waals surface area (Å²) in [4.78, 5) is 13.5. The molecule has 2 aromatic rings. The number of hydrogen-bond acceptors (Lipinski definition) is 3. The van der Waals surface area contributed by atoms with E-state index in [4.69, 9.17) is 11.6 Å². The van der Waals surface area contributed by atoms with Crippen molar-refractivity contribution in [2.75, 3.05) is 24.3 Å². The summed E-state index contributed by atoms with van der Waals surface area (Å²) in [6.45, 7) is 2.22. The number of benzene rings is 2. The van der Waals surface area contributed by atoms with Crippen LogP contribution in [0.3, 0.4) is 0 Å². The Bertz CT molecular complexity index is 636. The van der Waals surface area contributed by atoms with E-state index in [-0.39, 0.29) is 5.78 Å². The monoisotopic (exact) mass is 302 g/mol. The third-order valence-corrected chi connectivity index (χ3v) is 3.47. The first-order valence-electron chi connectivity index (χ1n) is 6.77. The van der Waals surface area contributed by atoms with Crippen LogP contribution in [-0.2, 0) is 6.54 Å². The first-order chi connectivity index (χ1) is 9.95. The van der Waals surface area contributed by atoms with Crippen LogP contribution in [0.15, 0.2) is 42.5 Å². The van der Waals surface area contributed by atoms with E-state index in [1.165, 1.54) is 18.2 Å². The maximum atomic E-state index is 11.4. The predicted molar refractivity (Wildman–Crippen MR) is 89.6 cm³/mol. The molecule has 0 bridgehead atoms. The van der Waals surface area contributed by atoms with Crippen LogP contribution in [0, 0.1) is 0 Å². The van der Waals surface area contributed by atoms with Gasteiger partial charge < -0.3 is 10.2 Å². The van der Waals surface area contributed by atoms with Crippen molar-refractivity contribution in [2.24, 2.45) is 0 Å². The molecule has 110 valence electrons. The molecule has 0 aliphatic heterocycles. The second kappa shape index (κ2) is 6.64. The summed E-state index contributed by atoms with van der Waals surface area (Å²) >= 11 is 6.03. The number of Topliss-reactive ketones (excluding diaryl/α,β-unsaturated/α-hetero) is 1. The molecule has 0 fully saturated rings. The van der Waals surface area contributed by atoms with E-state index >= 15 is 0 Å². The molecule has 0 spiro atoms. The number of carbonyl (C=O) groups is 1. The highest BCUT2D eigenvalue weighted by Crippen LogP contribution is 2.20. The van der Waals surface area contributed by atoms with Crippen LogP contribution in [0.2, 0.25) is 5.02 Å². The van der Waals surface area contributed by atoms with Crippen LogP contribution in [0.1, 0.15) is 22.8 Å². The summed E-state index contributed by atoms with van der Waals surface area (Å²) in [5.74, 6) is 0.0101. The van der Waals surface area contributed by atoms with Crippen molar-refractivity contribution in [3.05, 3.63) is 58.6 Å². The molecule has 0 amide bonds. The van der Waals surface area contributed by atoms with Crippen molar-refractivity contribution in [3.8, 4) is 0 Å². The lowest BCUT2D eigenvalue weighted by Gasteiger charge is -2.13. The van der Waals surface area contributed by atoms with E-state index in [2.05, 4.69) is 34.5 Å². The fourth-order valence-electron chi connectivity index (χ4n) is 2.01. The molecule has 0 atom stereocenters. The van der Waals surface area contributed by atoms with Crippen molar-refractivity contribution in [3.63, 3.8) is 0 Å². The predicted octanol–water partition coefficient (Wildman–Crippen LogP) is 4.22. The van der Waals surface area contributed by atoms with Gasteiger partial charge in [0.1, 0.15) is 0 Å². The molecule has 21 heavy (non-hydrogen) atoms. The second-order valence-corrected chi connectivity index (χ2v) is 5.64. The van der Waals surface area contributed by atoms with Crippen LogP contribution < -0.4 is 10.2 Å². The molecule has 4 heteroatoms. The summed E-state index contributed by atoms with van der Waals surface area (Å²) in [6, 6.07) is 13.6. The Hall–Kier alpha value is -2.00. The van der Waals surface area contributed by atoms with Gasteiger partial charge in [-0.1, -0.05) is 23.7 Å². The topological polar surface area (TPSA) is 32.3 Å². The van der Waals surface area contributed by atoms with Gasteiger partial charge in [-0.15, -0.1) is 0 Å². The highest BCUT2D eigenvalue weighted by Gasteiger charge is 2.04. The van der Waals surface area contributed by atoms with Gasteiger partial charge in [0.15, 0.2) is 5.78 Å². The molecule has 0 aromatic heterocycles. The van der Waals surface area contributed by atoms with Crippen LogP contribution in [0.25, 0.3) is 0 Å². The minimum Gasteiger partial charge on any atom is -0.381 e. The highest BCUT2D eigenvalue weighted by molar-refractivity contribution is 6.31.